The van der Waals surface area contributed by atoms with Crippen molar-refractivity contribution >= 4 is 27.6 Å². The van der Waals surface area contributed by atoms with Crippen LogP contribution in [-0.4, -0.2) is 17.6 Å². The van der Waals surface area contributed by atoms with E-state index in [0.717, 1.165) is 13.0 Å². The van der Waals surface area contributed by atoms with Crippen molar-refractivity contribution < 1.29 is 14.3 Å². The number of anilines is 1. The number of carbonyl (C=O) groups is 1. The minimum absolute atomic E-state index is 0.00645. The minimum Gasteiger partial charge on any atom is -0.478 e. The van der Waals surface area contributed by atoms with Crippen molar-refractivity contribution in [2.24, 2.45) is 5.41 Å². The smallest absolute Gasteiger partial charge is 0.336 e. The Morgan fingerprint density at radius 2 is 2.10 bits per heavy atom. The number of carboxylic acids is 1. The molecule has 0 aliphatic heterocycles. The zero-order valence-corrected chi connectivity index (χ0v) is 13.1. The van der Waals surface area contributed by atoms with Crippen LogP contribution in [0.2, 0.25) is 0 Å². The predicted molar refractivity (Wildman–Crippen MR) is 80.7 cm³/mol. The molecule has 1 aromatic carbocycles. The van der Waals surface area contributed by atoms with Crippen molar-refractivity contribution in [3.63, 3.8) is 0 Å². The monoisotopic (exact) mass is 343 g/mol. The zero-order valence-electron chi connectivity index (χ0n) is 11.5. The summed E-state index contributed by atoms with van der Waals surface area (Å²) in [5.74, 6) is -1.67. The maximum Gasteiger partial charge on any atom is 0.336 e. The van der Waals surface area contributed by atoms with Gasteiger partial charge >= 0.3 is 5.97 Å². The van der Waals surface area contributed by atoms with Crippen molar-refractivity contribution in [3.8, 4) is 0 Å². The van der Waals surface area contributed by atoms with Crippen molar-refractivity contribution in [1.29, 1.82) is 0 Å². The maximum atomic E-state index is 14.2. The number of hydrogen-bond donors (Lipinski definition) is 2. The Balaban J connectivity index is 2.14. The Morgan fingerprint density at radius 1 is 1.45 bits per heavy atom. The molecule has 110 valence electrons. The van der Waals surface area contributed by atoms with Crippen molar-refractivity contribution in [2.75, 3.05) is 11.9 Å². The largest absolute Gasteiger partial charge is 0.478 e. The molecular weight excluding hydrogens is 325 g/mol. The first-order chi connectivity index (χ1) is 9.49. The van der Waals surface area contributed by atoms with E-state index >= 15 is 0 Å². The molecule has 1 aromatic rings. The molecule has 1 saturated carbocycles. The summed E-state index contributed by atoms with van der Waals surface area (Å²) >= 11 is 3.02. The first-order valence-corrected chi connectivity index (χ1v) is 7.73. The van der Waals surface area contributed by atoms with Crippen molar-refractivity contribution in [3.05, 3.63) is 28.0 Å². The van der Waals surface area contributed by atoms with Crippen LogP contribution in [0.4, 0.5) is 10.1 Å². The summed E-state index contributed by atoms with van der Waals surface area (Å²) in [4.78, 5) is 10.9. The second kappa shape index (κ2) is 6.12. The molecule has 1 aliphatic carbocycles. The van der Waals surface area contributed by atoms with Crippen LogP contribution in [0, 0.1) is 11.2 Å². The number of carboxylic acid groups (broad SMARTS) is 1. The molecule has 0 saturated heterocycles. The lowest BCUT2D eigenvalue weighted by molar-refractivity contribution is 0.0695. The highest BCUT2D eigenvalue weighted by atomic mass is 79.9. The molecule has 2 rings (SSSR count). The quantitative estimate of drug-likeness (QED) is 0.816. The maximum absolute atomic E-state index is 14.2. The summed E-state index contributed by atoms with van der Waals surface area (Å²) in [7, 11) is 0. The third-order valence-electron chi connectivity index (χ3n) is 4.38. The molecule has 0 amide bonds. The molecule has 0 radical (unpaired) electrons. The molecule has 0 aromatic heterocycles. The van der Waals surface area contributed by atoms with Gasteiger partial charge in [0.2, 0.25) is 0 Å². The van der Waals surface area contributed by atoms with E-state index in [1.165, 1.54) is 37.8 Å². The SMILES string of the molecule is CCC1(CNc2ccc(C(=O)O)c(Br)c2F)CCCC1. The lowest BCUT2D eigenvalue weighted by Crippen LogP contribution is -2.26. The molecule has 2 N–H and O–H groups in total. The second-order valence-corrected chi connectivity index (χ2v) is 6.30. The summed E-state index contributed by atoms with van der Waals surface area (Å²) in [6.45, 7) is 2.91. The van der Waals surface area contributed by atoms with Gasteiger partial charge in [-0.05, 0) is 52.7 Å². The zero-order chi connectivity index (χ0) is 14.8. The van der Waals surface area contributed by atoms with Gasteiger partial charge in [-0.15, -0.1) is 0 Å². The third kappa shape index (κ3) is 2.97. The van der Waals surface area contributed by atoms with Crippen LogP contribution in [0.15, 0.2) is 16.6 Å². The first-order valence-electron chi connectivity index (χ1n) is 6.94. The lowest BCUT2D eigenvalue weighted by atomic mass is 9.83. The van der Waals surface area contributed by atoms with Crippen LogP contribution in [0.1, 0.15) is 49.4 Å². The highest BCUT2D eigenvalue weighted by molar-refractivity contribution is 9.10. The van der Waals surface area contributed by atoms with E-state index in [0.29, 0.717) is 5.69 Å². The van der Waals surface area contributed by atoms with Crippen LogP contribution in [0.5, 0.6) is 0 Å². The van der Waals surface area contributed by atoms with Gasteiger partial charge in [0.15, 0.2) is 5.82 Å². The fraction of sp³-hybridized carbons (Fsp3) is 0.533. The van der Waals surface area contributed by atoms with E-state index in [9.17, 15) is 9.18 Å². The number of hydrogen-bond acceptors (Lipinski definition) is 2. The molecule has 5 heteroatoms. The Bertz CT molecular complexity index is 513. The van der Waals surface area contributed by atoms with Crippen LogP contribution >= 0.6 is 15.9 Å². The van der Waals surface area contributed by atoms with Crippen molar-refractivity contribution in [1.82, 2.24) is 0 Å². The highest BCUT2D eigenvalue weighted by Crippen LogP contribution is 2.41. The topological polar surface area (TPSA) is 49.3 Å². The van der Waals surface area contributed by atoms with E-state index in [4.69, 9.17) is 5.11 Å². The Morgan fingerprint density at radius 3 is 2.65 bits per heavy atom. The van der Waals surface area contributed by atoms with Gasteiger partial charge in [0.25, 0.3) is 0 Å². The molecule has 0 spiro atoms. The molecule has 1 aliphatic rings. The van der Waals surface area contributed by atoms with E-state index in [1.807, 2.05) is 0 Å². The molecule has 0 unspecified atom stereocenters. The number of benzene rings is 1. The van der Waals surface area contributed by atoms with Gasteiger partial charge in [-0.1, -0.05) is 19.8 Å². The van der Waals surface area contributed by atoms with Gasteiger partial charge in [0.1, 0.15) is 0 Å². The average molecular weight is 344 g/mol. The van der Waals surface area contributed by atoms with Crippen LogP contribution in [0.25, 0.3) is 0 Å². The van der Waals surface area contributed by atoms with Gasteiger partial charge in [0.05, 0.1) is 15.7 Å². The summed E-state index contributed by atoms with van der Waals surface area (Å²) in [6.07, 6.45) is 5.90. The minimum atomic E-state index is -1.14. The molecule has 20 heavy (non-hydrogen) atoms. The highest BCUT2D eigenvalue weighted by Gasteiger charge is 2.32. The number of halogens is 2. The van der Waals surface area contributed by atoms with Gasteiger partial charge in [0, 0.05) is 6.54 Å². The van der Waals surface area contributed by atoms with Crippen LogP contribution < -0.4 is 5.32 Å². The standard InChI is InChI=1S/C15H19BrFNO2/c1-2-15(7-3-4-8-15)9-18-11-6-5-10(14(19)20)12(16)13(11)17/h5-6,18H,2-4,7-9H2,1H3,(H,19,20). The number of rotatable bonds is 5. The Hall–Kier alpha value is -1.10. The van der Waals surface area contributed by atoms with Gasteiger partial charge < -0.3 is 10.4 Å². The summed E-state index contributed by atoms with van der Waals surface area (Å²) in [6, 6.07) is 2.92. The van der Waals surface area contributed by atoms with Gasteiger partial charge in [-0.2, -0.15) is 0 Å². The first kappa shape index (κ1) is 15.3. The molecule has 1 fully saturated rings. The van der Waals surface area contributed by atoms with E-state index in [1.54, 1.807) is 0 Å². The van der Waals surface area contributed by atoms with E-state index in [-0.39, 0.29) is 15.5 Å². The van der Waals surface area contributed by atoms with Crippen molar-refractivity contribution in [2.45, 2.75) is 39.0 Å². The van der Waals surface area contributed by atoms with Crippen LogP contribution in [-0.2, 0) is 0 Å². The summed E-state index contributed by atoms with van der Waals surface area (Å²) in [5.41, 5.74) is 0.561. The molecule has 0 bridgehead atoms. The Kier molecular flexibility index (Phi) is 4.68. The molecule has 0 heterocycles. The predicted octanol–water partition coefficient (Wildman–Crippen LogP) is 4.67. The normalized spacial score (nSPS) is 17.1. The third-order valence-corrected chi connectivity index (χ3v) is 5.16. The summed E-state index contributed by atoms with van der Waals surface area (Å²) < 4.78 is 14.2. The fourth-order valence-electron chi connectivity index (χ4n) is 2.91. The lowest BCUT2D eigenvalue weighted by Gasteiger charge is -2.28. The number of aromatic carboxylic acids is 1. The Labute approximate surface area is 126 Å². The number of nitrogens with one attached hydrogen (secondary N) is 1. The summed E-state index contributed by atoms with van der Waals surface area (Å²) in [5, 5.41) is 12.1. The average Bonchev–Trinajstić information content (AvgIpc) is 2.89. The molecule has 3 nitrogen and oxygen atoms in total. The van der Waals surface area contributed by atoms with Gasteiger partial charge in [-0.25, -0.2) is 9.18 Å². The molecule has 0 atom stereocenters. The molecular formula is C15H19BrFNO2. The van der Waals surface area contributed by atoms with E-state index < -0.39 is 11.8 Å². The van der Waals surface area contributed by atoms with Crippen LogP contribution in [0.3, 0.4) is 0 Å². The van der Waals surface area contributed by atoms with E-state index in [2.05, 4.69) is 28.2 Å². The second-order valence-electron chi connectivity index (χ2n) is 5.51. The van der Waals surface area contributed by atoms with Gasteiger partial charge in [-0.3, -0.25) is 0 Å². The fourth-order valence-corrected chi connectivity index (χ4v) is 3.43.